The average Bonchev–Trinajstić information content (AvgIpc) is 2.26. The summed E-state index contributed by atoms with van der Waals surface area (Å²) < 4.78 is 5.39. The summed E-state index contributed by atoms with van der Waals surface area (Å²) >= 11 is 0. The Balaban J connectivity index is 4.21. The van der Waals surface area contributed by atoms with E-state index in [4.69, 9.17) is 4.74 Å². The topological polar surface area (TPSA) is 32.8 Å². The first kappa shape index (κ1) is 17.2. The van der Waals surface area contributed by atoms with Gasteiger partial charge in [0.15, 0.2) is 0 Å². The van der Waals surface area contributed by atoms with Crippen molar-refractivity contribution in [3.63, 3.8) is 0 Å². The summed E-state index contributed by atoms with van der Waals surface area (Å²) in [6.07, 6.45) is 0.935. The number of hydrogen-bond acceptors (Lipinski definition) is 3. The lowest BCUT2D eigenvalue weighted by Gasteiger charge is -2.28. The number of amides is 1. The molecule has 0 aromatic carbocycles. The van der Waals surface area contributed by atoms with Crippen LogP contribution in [0.1, 0.15) is 48.0 Å². The lowest BCUT2D eigenvalue weighted by atomic mass is 10.2. The van der Waals surface area contributed by atoms with Crippen LogP contribution in [-0.2, 0) is 4.74 Å². The molecule has 0 aromatic rings. The van der Waals surface area contributed by atoms with Crippen molar-refractivity contribution in [2.75, 3.05) is 32.7 Å². The van der Waals surface area contributed by atoms with E-state index in [2.05, 4.69) is 18.7 Å². The molecule has 18 heavy (non-hydrogen) atoms. The van der Waals surface area contributed by atoms with Crippen molar-refractivity contribution in [2.45, 2.75) is 53.6 Å². The van der Waals surface area contributed by atoms with Gasteiger partial charge in [0.2, 0.25) is 0 Å². The van der Waals surface area contributed by atoms with E-state index in [0.29, 0.717) is 6.54 Å². The van der Waals surface area contributed by atoms with E-state index in [0.717, 1.165) is 32.6 Å². The van der Waals surface area contributed by atoms with Gasteiger partial charge in [-0.25, -0.2) is 4.79 Å². The third kappa shape index (κ3) is 7.54. The SMILES string of the molecule is CCCN(CC)CCN(CC)C(=O)OC(C)(C)C. The van der Waals surface area contributed by atoms with Gasteiger partial charge in [0.25, 0.3) is 0 Å². The van der Waals surface area contributed by atoms with Crippen LogP contribution in [0.15, 0.2) is 0 Å². The molecule has 0 rings (SSSR count). The maximum Gasteiger partial charge on any atom is 0.410 e. The molecule has 0 spiro atoms. The molecule has 4 nitrogen and oxygen atoms in total. The Hall–Kier alpha value is -0.770. The first-order valence-electron chi connectivity index (χ1n) is 7.04. The second-order valence-corrected chi connectivity index (χ2v) is 5.49. The third-order valence-electron chi connectivity index (χ3n) is 2.71. The van der Waals surface area contributed by atoms with Crippen molar-refractivity contribution in [1.29, 1.82) is 0 Å². The van der Waals surface area contributed by atoms with E-state index in [1.165, 1.54) is 0 Å². The number of carbonyl (C=O) groups is 1. The van der Waals surface area contributed by atoms with Gasteiger partial charge in [-0.05, 0) is 47.2 Å². The molecule has 0 atom stereocenters. The van der Waals surface area contributed by atoms with Crippen LogP contribution in [0.2, 0.25) is 0 Å². The number of likely N-dealkylation sites (N-methyl/N-ethyl adjacent to an activating group) is 2. The van der Waals surface area contributed by atoms with E-state index in [9.17, 15) is 4.79 Å². The van der Waals surface area contributed by atoms with Gasteiger partial charge in [-0.2, -0.15) is 0 Å². The van der Waals surface area contributed by atoms with Gasteiger partial charge in [0, 0.05) is 19.6 Å². The molecule has 1 amide bonds. The van der Waals surface area contributed by atoms with Gasteiger partial charge in [0.05, 0.1) is 0 Å². The van der Waals surface area contributed by atoms with Crippen molar-refractivity contribution < 1.29 is 9.53 Å². The lowest BCUT2D eigenvalue weighted by molar-refractivity contribution is 0.0244. The summed E-state index contributed by atoms with van der Waals surface area (Å²) in [5.74, 6) is 0. The highest BCUT2D eigenvalue weighted by Crippen LogP contribution is 2.09. The molecular formula is C14H30N2O2. The Morgan fingerprint density at radius 1 is 1.00 bits per heavy atom. The quantitative estimate of drug-likeness (QED) is 0.704. The van der Waals surface area contributed by atoms with Crippen molar-refractivity contribution in [3.8, 4) is 0 Å². The minimum absolute atomic E-state index is 0.211. The molecule has 0 aromatic heterocycles. The highest BCUT2D eigenvalue weighted by atomic mass is 16.6. The van der Waals surface area contributed by atoms with Crippen LogP contribution in [0.3, 0.4) is 0 Å². The Bertz CT molecular complexity index is 236. The van der Waals surface area contributed by atoms with E-state index in [1.807, 2.05) is 27.7 Å². The second-order valence-electron chi connectivity index (χ2n) is 5.49. The summed E-state index contributed by atoms with van der Waals surface area (Å²) in [4.78, 5) is 16.1. The summed E-state index contributed by atoms with van der Waals surface area (Å²) in [5.41, 5.74) is -0.418. The second kappa shape index (κ2) is 8.35. The molecule has 108 valence electrons. The molecule has 0 saturated heterocycles. The maximum absolute atomic E-state index is 11.9. The lowest BCUT2D eigenvalue weighted by Crippen LogP contribution is -2.41. The highest BCUT2D eigenvalue weighted by Gasteiger charge is 2.21. The minimum Gasteiger partial charge on any atom is -0.444 e. The van der Waals surface area contributed by atoms with Gasteiger partial charge in [-0.15, -0.1) is 0 Å². The number of rotatable bonds is 7. The molecule has 0 aliphatic rings. The smallest absolute Gasteiger partial charge is 0.410 e. The number of hydrogen-bond donors (Lipinski definition) is 0. The molecule has 0 heterocycles. The summed E-state index contributed by atoms with van der Waals surface area (Å²) in [5, 5.41) is 0. The van der Waals surface area contributed by atoms with Crippen molar-refractivity contribution in [2.24, 2.45) is 0 Å². The largest absolute Gasteiger partial charge is 0.444 e. The van der Waals surface area contributed by atoms with Gasteiger partial charge in [-0.3, -0.25) is 0 Å². The molecule has 4 heteroatoms. The fourth-order valence-corrected chi connectivity index (χ4v) is 1.71. The third-order valence-corrected chi connectivity index (χ3v) is 2.71. The van der Waals surface area contributed by atoms with E-state index in [-0.39, 0.29) is 6.09 Å². The molecule has 0 saturated carbocycles. The molecule has 0 radical (unpaired) electrons. The van der Waals surface area contributed by atoms with Gasteiger partial charge in [-0.1, -0.05) is 13.8 Å². The molecule has 0 N–H and O–H groups in total. The Morgan fingerprint density at radius 2 is 1.61 bits per heavy atom. The van der Waals surface area contributed by atoms with Crippen LogP contribution in [-0.4, -0.2) is 54.2 Å². The average molecular weight is 258 g/mol. The van der Waals surface area contributed by atoms with Crippen LogP contribution in [0.25, 0.3) is 0 Å². The van der Waals surface area contributed by atoms with Crippen molar-refractivity contribution in [3.05, 3.63) is 0 Å². The Kier molecular flexibility index (Phi) is 8.00. The minimum atomic E-state index is -0.418. The van der Waals surface area contributed by atoms with Crippen molar-refractivity contribution >= 4 is 6.09 Å². The van der Waals surface area contributed by atoms with Crippen LogP contribution >= 0.6 is 0 Å². The Labute approximate surface area is 112 Å². The van der Waals surface area contributed by atoms with Crippen LogP contribution in [0.5, 0.6) is 0 Å². The fourth-order valence-electron chi connectivity index (χ4n) is 1.71. The standard InChI is InChI=1S/C14H30N2O2/c1-7-10-15(8-2)11-12-16(9-3)13(17)18-14(4,5)6/h7-12H2,1-6H3. The first-order valence-corrected chi connectivity index (χ1v) is 7.04. The number of carbonyl (C=O) groups excluding carboxylic acids is 1. The summed E-state index contributed by atoms with van der Waals surface area (Å²) in [6.45, 7) is 16.5. The van der Waals surface area contributed by atoms with Crippen molar-refractivity contribution in [1.82, 2.24) is 9.80 Å². The molecule has 0 fully saturated rings. The predicted octanol–water partition coefficient (Wildman–Crippen LogP) is 2.98. The maximum atomic E-state index is 11.9. The number of ether oxygens (including phenoxy) is 1. The zero-order chi connectivity index (χ0) is 14.2. The van der Waals surface area contributed by atoms with E-state index >= 15 is 0 Å². The van der Waals surface area contributed by atoms with Crippen LogP contribution in [0.4, 0.5) is 4.79 Å². The van der Waals surface area contributed by atoms with Crippen LogP contribution < -0.4 is 0 Å². The first-order chi connectivity index (χ1) is 8.34. The summed E-state index contributed by atoms with van der Waals surface area (Å²) in [6, 6.07) is 0. The summed E-state index contributed by atoms with van der Waals surface area (Å²) in [7, 11) is 0. The molecule has 0 bridgehead atoms. The van der Waals surface area contributed by atoms with E-state index in [1.54, 1.807) is 4.90 Å². The van der Waals surface area contributed by atoms with Gasteiger partial charge in [0.1, 0.15) is 5.60 Å². The van der Waals surface area contributed by atoms with Gasteiger partial charge < -0.3 is 14.5 Å². The predicted molar refractivity (Wildman–Crippen MR) is 75.9 cm³/mol. The Morgan fingerprint density at radius 3 is 2.00 bits per heavy atom. The molecule has 0 aliphatic heterocycles. The zero-order valence-corrected chi connectivity index (χ0v) is 13.0. The normalized spacial score (nSPS) is 11.7. The van der Waals surface area contributed by atoms with Gasteiger partial charge >= 0.3 is 6.09 Å². The number of nitrogens with zero attached hydrogens (tertiary/aromatic N) is 2. The monoisotopic (exact) mass is 258 g/mol. The van der Waals surface area contributed by atoms with E-state index < -0.39 is 5.60 Å². The zero-order valence-electron chi connectivity index (χ0n) is 13.0. The van der Waals surface area contributed by atoms with Crippen LogP contribution in [0, 0.1) is 0 Å². The molecular weight excluding hydrogens is 228 g/mol. The molecule has 0 aliphatic carbocycles. The fraction of sp³-hybridized carbons (Fsp3) is 0.929. The molecule has 0 unspecified atom stereocenters. The highest BCUT2D eigenvalue weighted by molar-refractivity contribution is 5.68.